The monoisotopic (exact) mass is 235 g/mol. The van der Waals surface area contributed by atoms with Crippen LogP contribution in [0.3, 0.4) is 0 Å². The molecule has 1 nitrogen and oxygen atoms in total. The van der Waals surface area contributed by atoms with Gasteiger partial charge < -0.3 is 4.98 Å². The van der Waals surface area contributed by atoms with E-state index in [1.54, 1.807) is 5.56 Å². The van der Waals surface area contributed by atoms with E-state index >= 15 is 0 Å². The molecule has 2 aromatic carbocycles. The number of hydrogen-bond acceptors (Lipinski definition) is 0. The summed E-state index contributed by atoms with van der Waals surface area (Å²) in [5, 5.41) is 4.22. The third kappa shape index (κ3) is 1.34. The highest BCUT2D eigenvalue weighted by Gasteiger charge is 2.20. The number of aromatic nitrogens is 1. The van der Waals surface area contributed by atoms with E-state index in [4.69, 9.17) is 0 Å². The van der Waals surface area contributed by atoms with Crippen LogP contribution in [0.4, 0.5) is 0 Å². The van der Waals surface area contributed by atoms with Crippen LogP contribution in [0.2, 0.25) is 0 Å². The summed E-state index contributed by atoms with van der Waals surface area (Å²) in [7, 11) is 0. The molecule has 3 aromatic rings. The maximum atomic E-state index is 3.64. The van der Waals surface area contributed by atoms with E-state index in [1.807, 2.05) is 0 Å². The summed E-state index contributed by atoms with van der Waals surface area (Å²) in [5.74, 6) is 0.817. The molecule has 0 fully saturated rings. The molecule has 1 atom stereocenters. The predicted octanol–water partition coefficient (Wildman–Crippen LogP) is 4.45. The van der Waals surface area contributed by atoms with Crippen LogP contribution < -0.4 is 0 Å². The second-order valence-corrected chi connectivity index (χ2v) is 5.64. The minimum atomic E-state index is 0.817. The Hall–Kier alpha value is -1.76. The van der Waals surface area contributed by atoms with E-state index in [0.717, 1.165) is 5.92 Å². The van der Waals surface area contributed by atoms with E-state index in [2.05, 4.69) is 48.3 Å². The van der Waals surface area contributed by atoms with Gasteiger partial charge in [-0.05, 0) is 47.6 Å². The van der Waals surface area contributed by atoms with Gasteiger partial charge in [0, 0.05) is 16.6 Å². The zero-order valence-corrected chi connectivity index (χ0v) is 10.7. The second kappa shape index (κ2) is 3.61. The van der Waals surface area contributed by atoms with Crippen molar-refractivity contribution in [3.8, 4) is 0 Å². The van der Waals surface area contributed by atoms with Crippen LogP contribution in [0.15, 0.2) is 36.4 Å². The highest BCUT2D eigenvalue weighted by atomic mass is 14.7. The average Bonchev–Trinajstić information content (AvgIpc) is 2.76. The minimum absolute atomic E-state index is 0.817. The Balaban J connectivity index is 2.12. The summed E-state index contributed by atoms with van der Waals surface area (Å²) < 4.78 is 0. The molecule has 1 unspecified atom stereocenters. The standard InChI is InChI=1S/C17H17N/c1-11-6-8-14-16(10-11)18-15-9-7-12-4-2-3-5-13(12)17(14)15/h2-5,7,9,11,18H,6,8,10H2,1H3. The molecule has 90 valence electrons. The van der Waals surface area contributed by atoms with Crippen molar-refractivity contribution in [1.82, 2.24) is 4.98 Å². The van der Waals surface area contributed by atoms with Crippen LogP contribution in [-0.2, 0) is 12.8 Å². The second-order valence-electron chi connectivity index (χ2n) is 5.64. The van der Waals surface area contributed by atoms with Gasteiger partial charge in [-0.25, -0.2) is 0 Å². The first-order chi connectivity index (χ1) is 8.83. The normalized spacial score (nSPS) is 19.3. The van der Waals surface area contributed by atoms with Crippen molar-refractivity contribution in [2.75, 3.05) is 0 Å². The van der Waals surface area contributed by atoms with E-state index in [-0.39, 0.29) is 0 Å². The lowest BCUT2D eigenvalue weighted by Crippen LogP contribution is -2.10. The molecule has 1 aliphatic rings. The van der Waals surface area contributed by atoms with Gasteiger partial charge in [-0.15, -0.1) is 0 Å². The Bertz CT molecular complexity index is 736. The van der Waals surface area contributed by atoms with Crippen molar-refractivity contribution in [2.24, 2.45) is 5.92 Å². The van der Waals surface area contributed by atoms with Crippen LogP contribution in [0.1, 0.15) is 24.6 Å². The largest absolute Gasteiger partial charge is 0.358 e. The molecular weight excluding hydrogens is 218 g/mol. The number of rotatable bonds is 0. The molecule has 1 N–H and O–H groups in total. The van der Waals surface area contributed by atoms with E-state index in [9.17, 15) is 0 Å². The lowest BCUT2D eigenvalue weighted by molar-refractivity contribution is 0.497. The summed E-state index contributed by atoms with van der Waals surface area (Å²) in [6.07, 6.45) is 3.76. The number of aromatic amines is 1. The number of fused-ring (bicyclic) bond motifs is 5. The first-order valence-electron chi connectivity index (χ1n) is 6.84. The quantitative estimate of drug-likeness (QED) is 0.592. The summed E-state index contributed by atoms with van der Waals surface area (Å²) >= 11 is 0. The minimum Gasteiger partial charge on any atom is -0.358 e. The fourth-order valence-corrected chi connectivity index (χ4v) is 3.38. The number of H-pyrrole nitrogens is 1. The first-order valence-corrected chi connectivity index (χ1v) is 6.84. The molecule has 1 heteroatoms. The SMILES string of the molecule is CC1CCc2c([nH]c3ccc4ccccc4c23)C1. The predicted molar refractivity (Wildman–Crippen MR) is 77.0 cm³/mol. The van der Waals surface area contributed by atoms with Gasteiger partial charge in [-0.1, -0.05) is 37.3 Å². The number of nitrogens with one attached hydrogen (secondary N) is 1. The van der Waals surface area contributed by atoms with Crippen LogP contribution >= 0.6 is 0 Å². The molecule has 0 saturated carbocycles. The highest BCUT2D eigenvalue weighted by Crippen LogP contribution is 2.35. The van der Waals surface area contributed by atoms with Gasteiger partial charge in [-0.3, -0.25) is 0 Å². The van der Waals surface area contributed by atoms with Crippen molar-refractivity contribution >= 4 is 21.7 Å². The Kier molecular flexibility index (Phi) is 2.05. The summed E-state index contributed by atoms with van der Waals surface area (Å²) in [5.41, 5.74) is 4.35. The van der Waals surface area contributed by atoms with Crippen molar-refractivity contribution < 1.29 is 0 Å². The topological polar surface area (TPSA) is 15.8 Å². The Morgan fingerprint density at radius 2 is 2.00 bits per heavy atom. The number of aryl methyl sites for hydroxylation is 1. The molecule has 0 saturated heterocycles. The molecule has 1 aliphatic carbocycles. The molecule has 0 radical (unpaired) electrons. The maximum Gasteiger partial charge on any atom is 0.0465 e. The van der Waals surface area contributed by atoms with Gasteiger partial charge in [0.15, 0.2) is 0 Å². The molecular formula is C17H17N. The Labute approximate surface area is 107 Å². The smallest absolute Gasteiger partial charge is 0.0465 e. The van der Waals surface area contributed by atoms with Gasteiger partial charge >= 0.3 is 0 Å². The van der Waals surface area contributed by atoms with Crippen LogP contribution in [0, 0.1) is 5.92 Å². The summed E-state index contributed by atoms with van der Waals surface area (Å²) in [6.45, 7) is 2.35. The lowest BCUT2D eigenvalue weighted by atomic mass is 9.87. The first kappa shape index (κ1) is 10.2. The average molecular weight is 235 g/mol. The van der Waals surface area contributed by atoms with Crippen molar-refractivity contribution in [3.63, 3.8) is 0 Å². The molecule has 0 aliphatic heterocycles. The van der Waals surface area contributed by atoms with E-state index in [1.165, 1.54) is 46.6 Å². The van der Waals surface area contributed by atoms with Gasteiger partial charge in [0.05, 0.1) is 0 Å². The van der Waals surface area contributed by atoms with Crippen LogP contribution in [0.25, 0.3) is 21.7 Å². The lowest BCUT2D eigenvalue weighted by Gasteiger charge is -2.18. The molecule has 1 heterocycles. The third-order valence-corrected chi connectivity index (χ3v) is 4.32. The van der Waals surface area contributed by atoms with E-state index < -0.39 is 0 Å². The maximum absolute atomic E-state index is 3.64. The number of benzene rings is 2. The van der Waals surface area contributed by atoms with Crippen LogP contribution in [-0.4, -0.2) is 4.98 Å². The fourth-order valence-electron chi connectivity index (χ4n) is 3.38. The molecule has 4 rings (SSSR count). The highest BCUT2D eigenvalue weighted by molar-refractivity contribution is 6.08. The Morgan fingerprint density at radius 3 is 2.94 bits per heavy atom. The van der Waals surface area contributed by atoms with Crippen molar-refractivity contribution in [2.45, 2.75) is 26.2 Å². The van der Waals surface area contributed by atoms with Crippen molar-refractivity contribution in [3.05, 3.63) is 47.7 Å². The Morgan fingerprint density at radius 1 is 1.11 bits per heavy atom. The molecule has 0 bridgehead atoms. The van der Waals surface area contributed by atoms with Crippen molar-refractivity contribution in [1.29, 1.82) is 0 Å². The van der Waals surface area contributed by atoms with Gasteiger partial charge in [-0.2, -0.15) is 0 Å². The third-order valence-electron chi connectivity index (χ3n) is 4.32. The van der Waals surface area contributed by atoms with Gasteiger partial charge in [0.25, 0.3) is 0 Å². The molecule has 0 amide bonds. The zero-order valence-electron chi connectivity index (χ0n) is 10.7. The summed E-state index contributed by atoms with van der Waals surface area (Å²) in [6, 6.07) is 13.2. The van der Waals surface area contributed by atoms with Crippen LogP contribution in [0.5, 0.6) is 0 Å². The van der Waals surface area contributed by atoms with Gasteiger partial charge in [0.2, 0.25) is 0 Å². The van der Waals surface area contributed by atoms with Gasteiger partial charge in [0.1, 0.15) is 0 Å². The zero-order chi connectivity index (χ0) is 12.1. The summed E-state index contributed by atoms with van der Waals surface area (Å²) in [4.78, 5) is 3.64. The molecule has 1 aromatic heterocycles. The number of hydrogen-bond donors (Lipinski definition) is 1. The van der Waals surface area contributed by atoms with E-state index in [0.29, 0.717) is 0 Å². The molecule has 0 spiro atoms. The fraction of sp³-hybridized carbons (Fsp3) is 0.294. The molecule has 18 heavy (non-hydrogen) atoms.